The Morgan fingerprint density at radius 2 is 2.10 bits per heavy atom. The smallest absolute Gasteiger partial charge is 0.257 e. The molecule has 1 aromatic carbocycles. The Balaban J connectivity index is 2.79. The molecule has 0 aliphatic heterocycles. The topological polar surface area (TPSA) is 93.7 Å². The molecule has 7 nitrogen and oxygen atoms in total. The molecule has 0 fully saturated rings. The highest BCUT2D eigenvalue weighted by Crippen LogP contribution is 2.27. The van der Waals surface area contributed by atoms with E-state index in [1.807, 2.05) is 0 Å². The standard InChI is InChI=1S/C12H17ClN2O5S/c1-14-12(16)8-20-11-4-3-9(7-10(11)13)21(17,18)15-5-6-19-2/h3-4,7,15H,5-6,8H2,1-2H3,(H,14,16). The average Bonchev–Trinajstić information content (AvgIpc) is 2.45. The van der Waals surface area contributed by atoms with Gasteiger partial charge in [0.1, 0.15) is 5.75 Å². The van der Waals surface area contributed by atoms with Gasteiger partial charge in [-0.15, -0.1) is 0 Å². The molecule has 0 aliphatic rings. The summed E-state index contributed by atoms with van der Waals surface area (Å²) in [6.07, 6.45) is 0. The number of ether oxygens (including phenoxy) is 2. The molecule has 1 aromatic rings. The molecule has 0 aromatic heterocycles. The lowest BCUT2D eigenvalue weighted by Crippen LogP contribution is -2.27. The van der Waals surface area contributed by atoms with Crippen molar-refractivity contribution in [2.75, 3.05) is 33.9 Å². The molecule has 0 bridgehead atoms. The number of methoxy groups -OCH3 is 1. The van der Waals surface area contributed by atoms with E-state index in [2.05, 4.69) is 10.0 Å². The van der Waals surface area contributed by atoms with Crippen LogP contribution < -0.4 is 14.8 Å². The summed E-state index contributed by atoms with van der Waals surface area (Å²) in [5.41, 5.74) is 0. The van der Waals surface area contributed by atoms with E-state index in [0.29, 0.717) is 0 Å². The summed E-state index contributed by atoms with van der Waals surface area (Å²) in [6.45, 7) is 0.222. The highest BCUT2D eigenvalue weighted by molar-refractivity contribution is 7.89. The summed E-state index contributed by atoms with van der Waals surface area (Å²) in [4.78, 5) is 11.1. The number of nitrogens with one attached hydrogen (secondary N) is 2. The van der Waals surface area contributed by atoms with Crippen LogP contribution in [-0.4, -0.2) is 48.2 Å². The fraction of sp³-hybridized carbons (Fsp3) is 0.417. The van der Waals surface area contributed by atoms with Gasteiger partial charge in [-0.3, -0.25) is 4.79 Å². The molecule has 1 amide bonds. The lowest BCUT2D eigenvalue weighted by atomic mass is 10.3. The van der Waals surface area contributed by atoms with Crippen LogP contribution in [-0.2, 0) is 19.6 Å². The second-order valence-electron chi connectivity index (χ2n) is 3.94. The van der Waals surface area contributed by atoms with Gasteiger partial charge in [-0.1, -0.05) is 11.6 Å². The van der Waals surface area contributed by atoms with Gasteiger partial charge in [0.25, 0.3) is 5.91 Å². The summed E-state index contributed by atoms with van der Waals surface area (Å²) in [5.74, 6) is -0.0832. The first-order chi connectivity index (χ1) is 9.90. The lowest BCUT2D eigenvalue weighted by molar-refractivity contribution is -0.122. The number of carbonyl (C=O) groups excluding carboxylic acids is 1. The van der Waals surface area contributed by atoms with Crippen LogP contribution in [0.4, 0.5) is 0 Å². The minimum absolute atomic E-state index is 0.0101. The average molecular weight is 337 g/mol. The predicted molar refractivity (Wildman–Crippen MR) is 78.1 cm³/mol. The third-order valence-electron chi connectivity index (χ3n) is 2.45. The fourth-order valence-electron chi connectivity index (χ4n) is 1.34. The van der Waals surface area contributed by atoms with Crippen molar-refractivity contribution in [1.82, 2.24) is 10.0 Å². The largest absolute Gasteiger partial charge is 0.482 e. The zero-order chi connectivity index (χ0) is 15.9. The Bertz CT molecular complexity index is 591. The van der Waals surface area contributed by atoms with E-state index in [1.54, 1.807) is 0 Å². The maximum Gasteiger partial charge on any atom is 0.257 e. The third-order valence-corrected chi connectivity index (χ3v) is 4.20. The molecule has 0 spiro atoms. The van der Waals surface area contributed by atoms with Crippen LogP contribution in [0.3, 0.4) is 0 Å². The molecular formula is C12H17ClN2O5S. The summed E-state index contributed by atoms with van der Waals surface area (Å²) in [5, 5.41) is 2.50. The zero-order valence-electron chi connectivity index (χ0n) is 11.7. The van der Waals surface area contributed by atoms with Crippen molar-refractivity contribution < 1.29 is 22.7 Å². The van der Waals surface area contributed by atoms with Gasteiger partial charge in [0.05, 0.1) is 16.5 Å². The van der Waals surface area contributed by atoms with Crippen LogP contribution in [0.15, 0.2) is 23.1 Å². The van der Waals surface area contributed by atoms with Gasteiger partial charge in [0.2, 0.25) is 10.0 Å². The van der Waals surface area contributed by atoms with Gasteiger partial charge in [0, 0.05) is 20.7 Å². The number of sulfonamides is 1. The third kappa shape index (κ3) is 5.50. The normalized spacial score (nSPS) is 11.2. The number of hydrogen-bond acceptors (Lipinski definition) is 5. The van der Waals surface area contributed by atoms with E-state index in [4.69, 9.17) is 21.1 Å². The van der Waals surface area contributed by atoms with Gasteiger partial charge in [-0.25, -0.2) is 13.1 Å². The Morgan fingerprint density at radius 1 is 1.38 bits per heavy atom. The predicted octanol–water partition coefficient (Wildman–Crippen LogP) is 0.389. The summed E-state index contributed by atoms with van der Waals surface area (Å²) in [7, 11) is -0.700. The van der Waals surface area contributed by atoms with Crippen LogP contribution in [0.1, 0.15) is 0 Å². The van der Waals surface area contributed by atoms with Gasteiger partial charge in [0.15, 0.2) is 6.61 Å². The molecule has 0 radical (unpaired) electrons. The molecule has 0 aliphatic carbocycles. The van der Waals surface area contributed by atoms with E-state index in [-0.39, 0.29) is 41.3 Å². The monoisotopic (exact) mass is 336 g/mol. The zero-order valence-corrected chi connectivity index (χ0v) is 13.3. The second kappa shape index (κ2) is 8.18. The molecule has 0 saturated carbocycles. The first kappa shape index (κ1) is 17.7. The number of halogens is 1. The van der Waals surface area contributed by atoms with Crippen molar-refractivity contribution in [3.63, 3.8) is 0 Å². The number of amides is 1. The van der Waals surface area contributed by atoms with Crippen LogP contribution >= 0.6 is 11.6 Å². The Morgan fingerprint density at radius 3 is 2.67 bits per heavy atom. The fourth-order valence-corrected chi connectivity index (χ4v) is 2.68. The van der Waals surface area contributed by atoms with E-state index < -0.39 is 10.0 Å². The SMILES string of the molecule is CNC(=O)COc1ccc(S(=O)(=O)NCCOC)cc1Cl. The second-order valence-corrected chi connectivity index (χ2v) is 6.12. The molecule has 0 saturated heterocycles. The minimum atomic E-state index is -3.66. The van der Waals surface area contributed by atoms with E-state index in [1.165, 1.54) is 32.4 Å². The maximum atomic E-state index is 12.0. The lowest BCUT2D eigenvalue weighted by Gasteiger charge is -2.10. The van der Waals surface area contributed by atoms with Crippen molar-refractivity contribution >= 4 is 27.5 Å². The van der Waals surface area contributed by atoms with E-state index in [0.717, 1.165) is 0 Å². The Labute approximate surface area is 128 Å². The molecule has 118 valence electrons. The van der Waals surface area contributed by atoms with Crippen molar-refractivity contribution in [1.29, 1.82) is 0 Å². The highest BCUT2D eigenvalue weighted by Gasteiger charge is 2.16. The van der Waals surface area contributed by atoms with Gasteiger partial charge in [-0.2, -0.15) is 0 Å². The van der Waals surface area contributed by atoms with Crippen LogP contribution in [0, 0.1) is 0 Å². The van der Waals surface area contributed by atoms with Crippen LogP contribution in [0.25, 0.3) is 0 Å². The summed E-state index contributed by atoms with van der Waals surface area (Å²) < 4.78 is 36.2. The number of likely N-dealkylation sites (N-methyl/N-ethyl adjacent to an activating group) is 1. The first-order valence-corrected chi connectivity index (χ1v) is 7.88. The Hall–Kier alpha value is -1.35. The van der Waals surface area contributed by atoms with Crippen molar-refractivity contribution in [2.24, 2.45) is 0 Å². The van der Waals surface area contributed by atoms with Crippen LogP contribution in [0.5, 0.6) is 5.75 Å². The number of benzene rings is 1. The molecule has 1 rings (SSSR count). The van der Waals surface area contributed by atoms with Gasteiger partial charge >= 0.3 is 0 Å². The first-order valence-electron chi connectivity index (χ1n) is 6.02. The quantitative estimate of drug-likeness (QED) is 0.670. The number of carbonyl (C=O) groups is 1. The van der Waals surface area contributed by atoms with Crippen molar-refractivity contribution in [3.8, 4) is 5.75 Å². The molecule has 21 heavy (non-hydrogen) atoms. The van der Waals surface area contributed by atoms with Crippen molar-refractivity contribution in [2.45, 2.75) is 4.90 Å². The van der Waals surface area contributed by atoms with Crippen molar-refractivity contribution in [3.05, 3.63) is 23.2 Å². The maximum absolute atomic E-state index is 12.0. The highest BCUT2D eigenvalue weighted by atomic mass is 35.5. The molecule has 0 unspecified atom stereocenters. The van der Waals surface area contributed by atoms with Gasteiger partial charge < -0.3 is 14.8 Å². The summed E-state index contributed by atoms with van der Waals surface area (Å²) >= 11 is 5.95. The molecule has 0 atom stereocenters. The van der Waals surface area contributed by atoms with E-state index in [9.17, 15) is 13.2 Å². The molecule has 9 heteroatoms. The van der Waals surface area contributed by atoms with E-state index >= 15 is 0 Å². The minimum Gasteiger partial charge on any atom is -0.482 e. The number of hydrogen-bond donors (Lipinski definition) is 2. The molecular weight excluding hydrogens is 320 g/mol. The summed E-state index contributed by atoms with van der Waals surface area (Å²) in [6, 6.07) is 4.01. The van der Waals surface area contributed by atoms with Crippen LogP contribution in [0.2, 0.25) is 5.02 Å². The molecule has 0 heterocycles. The van der Waals surface area contributed by atoms with Gasteiger partial charge in [-0.05, 0) is 18.2 Å². The Kier molecular flexibility index (Phi) is 6.90. The number of rotatable bonds is 8. The molecule has 2 N–H and O–H groups in total.